The number of benzene rings is 2. The van der Waals surface area contributed by atoms with Gasteiger partial charge in [-0.2, -0.15) is 0 Å². The van der Waals surface area contributed by atoms with Crippen LogP contribution in [0.15, 0.2) is 60.7 Å². The van der Waals surface area contributed by atoms with E-state index in [1.807, 2.05) is 18.2 Å². The number of methoxy groups -OCH3 is 1. The predicted molar refractivity (Wildman–Crippen MR) is 111 cm³/mol. The maximum atomic E-state index is 12.8. The number of carbonyl (C=O) groups excluding carboxylic acids is 2. The Morgan fingerprint density at radius 1 is 0.967 bits per heavy atom. The standard InChI is InChI=1S/C23H22N2O5/c1-30-18-12-16(9-10-17(18)25-21(26)13-5-3-2-4-6-13)24-22(27)19-14-7-8-15(11-14)20(19)23(28)29/h2-10,12,14-15,19-20H,11H2,1H3,(H,24,27)(H,25,26)(H,28,29)/t14-,15-,19-,20-/m1/s1. The van der Waals surface area contributed by atoms with Crippen molar-refractivity contribution in [2.24, 2.45) is 23.7 Å². The molecule has 2 aliphatic rings. The van der Waals surface area contributed by atoms with Gasteiger partial charge in [-0.05, 0) is 42.5 Å². The number of hydrogen-bond donors (Lipinski definition) is 3. The Bertz CT molecular complexity index is 1020. The number of allylic oxidation sites excluding steroid dienone is 2. The molecule has 0 unspecified atom stereocenters. The van der Waals surface area contributed by atoms with Gasteiger partial charge >= 0.3 is 5.97 Å². The number of nitrogens with one attached hydrogen (secondary N) is 2. The molecule has 2 amide bonds. The number of anilines is 2. The Hall–Kier alpha value is -3.61. The van der Waals surface area contributed by atoms with E-state index in [0.29, 0.717) is 29.1 Å². The molecule has 30 heavy (non-hydrogen) atoms. The van der Waals surface area contributed by atoms with E-state index in [0.717, 1.165) is 0 Å². The minimum absolute atomic E-state index is 0.0533. The van der Waals surface area contributed by atoms with Crippen LogP contribution < -0.4 is 15.4 Å². The average molecular weight is 406 g/mol. The van der Waals surface area contributed by atoms with Gasteiger partial charge in [-0.15, -0.1) is 0 Å². The van der Waals surface area contributed by atoms with Gasteiger partial charge in [0, 0.05) is 17.3 Å². The van der Waals surface area contributed by atoms with Crippen molar-refractivity contribution >= 4 is 29.2 Å². The van der Waals surface area contributed by atoms with E-state index >= 15 is 0 Å². The van der Waals surface area contributed by atoms with E-state index in [2.05, 4.69) is 10.6 Å². The first kappa shape index (κ1) is 19.7. The van der Waals surface area contributed by atoms with Gasteiger partial charge in [0.1, 0.15) is 5.75 Å². The number of carbonyl (C=O) groups is 3. The molecule has 2 bridgehead atoms. The number of rotatable bonds is 6. The molecule has 4 atom stereocenters. The van der Waals surface area contributed by atoms with E-state index in [1.54, 1.807) is 42.5 Å². The van der Waals surface area contributed by atoms with E-state index in [4.69, 9.17) is 4.74 Å². The highest BCUT2D eigenvalue weighted by atomic mass is 16.5. The fourth-order valence-corrected chi connectivity index (χ4v) is 4.40. The van der Waals surface area contributed by atoms with Crippen molar-refractivity contribution in [3.8, 4) is 5.75 Å². The van der Waals surface area contributed by atoms with Gasteiger partial charge in [0.2, 0.25) is 5.91 Å². The Kier molecular flexibility index (Phi) is 5.27. The fourth-order valence-electron chi connectivity index (χ4n) is 4.40. The average Bonchev–Trinajstić information content (AvgIpc) is 3.37. The Morgan fingerprint density at radius 3 is 2.33 bits per heavy atom. The number of aliphatic carboxylic acids is 1. The largest absolute Gasteiger partial charge is 0.494 e. The molecule has 3 N–H and O–H groups in total. The monoisotopic (exact) mass is 406 g/mol. The smallest absolute Gasteiger partial charge is 0.307 e. The lowest BCUT2D eigenvalue weighted by Gasteiger charge is -2.24. The molecule has 0 aliphatic heterocycles. The van der Waals surface area contributed by atoms with Gasteiger partial charge in [-0.25, -0.2) is 0 Å². The van der Waals surface area contributed by atoms with Gasteiger partial charge in [0.25, 0.3) is 5.91 Å². The first-order valence-corrected chi connectivity index (χ1v) is 9.74. The summed E-state index contributed by atoms with van der Waals surface area (Å²) in [4.78, 5) is 36.9. The van der Waals surface area contributed by atoms with E-state index in [-0.39, 0.29) is 23.7 Å². The van der Waals surface area contributed by atoms with Crippen LogP contribution >= 0.6 is 0 Å². The molecule has 2 aromatic carbocycles. The SMILES string of the molecule is COc1cc(NC(=O)[C@H]2[C@H](C(=O)O)[C@@H]3C=C[C@@H]2C3)ccc1NC(=O)c1ccccc1. The van der Waals surface area contributed by atoms with Crippen molar-refractivity contribution < 1.29 is 24.2 Å². The van der Waals surface area contributed by atoms with Crippen molar-refractivity contribution in [2.45, 2.75) is 6.42 Å². The first-order chi connectivity index (χ1) is 14.5. The van der Waals surface area contributed by atoms with Crippen LogP contribution in [-0.4, -0.2) is 30.0 Å². The first-order valence-electron chi connectivity index (χ1n) is 9.74. The Balaban J connectivity index is 1.49. The maximum absolute atomic E-state index is 12.8. The molecule has 4 rings (SSSR count). The van der Waals surface area contributed by atoms with Crippen LogP contribution in [0.4, 0.5) is 11.4 Å². The third-order valence-electron chi connectivity index (χ3n) is 5.80. The molecule has 0 spiro atoms. The van der Waals surface area contributed by atoms with Gasteiger partial charge in [0.05, 0.1) is 24.6 Å². The second-order valence-electron chi connectivity index (χ2n) is 7.56. The molecule has 0 saturated heterocycles. The lowest BCUT2D eigenvalue weighted by atomic mass is 9.82. The van der Waals surface area contributed by atoms with E-state index < -0.39 is 17.8 Å². The van der Waals surface area contributed by atoms with Crippen molar-refractivity contribution in [3.63, 3.8) is 0 Å². The van der Waals surface area contributed by atoms with Crippen LogP contribution in [0.1, 0.15) is 16.8 Å². The number of carboxylic acid groups (broad SMARTS) is 1. The second-order valence-corrected chi connectivity index (χ2v) is 7.56. The number of carboxylic acids is 1. The highest BCUT2D eigenvalue weighted by Gasteiger charge is 2.51. The summed E-state index contributed by atoms with van der Waals surface area (Å²) in [6, 6.07) is 13.7. The predicted octanol–water partition coefficient (Wildman–Crippen LogP) is 3.41. The molecule has 2 aromatic rings. The lowest BCUT2D eigenvalue weighted by Crippen LogP contribution is -2.36. The molecule has 1 fully saturated rings. The molecule has 154 valence electrons. The molecule has 7 heteroatoms. The molecule has 0 aromatic heterocycles. The normalized spacial score (nSPS) is 23.8. The van der Waals surface area contributed by atoms with Crippen LogP contribution in [0, 0.1) is 23.7 Å². The van der Waals surface area contributed by atoms with Crippen molar-refractivity contribution in [1.29, 1.82) is 0 Å². The molecular formula is C23H22N2O5. The molecule has 2 aliphatic carbocycles. The lowest BCUT2D eigenvalue weighted by molar-refractivity contribution is -0.146. The summed E-state index contributed by atoms with van der Waals surface area (Å²) in [5, 5.41) is 15.1. The van der Waals surface area contributed by atoms with Crippen LogP contribution in [0.25, 0.3) is 0 Å². The summed E-state index contributed by atoms with van der Waals surface area (Å²) in [5.74, 6) is -2.59. The molecule has 0 heterocycles. The van der Waals surface area contributed by atoms with Crippen LogP contribution in [-0.2, 0) is 9.59 Å². The topological polar surface area (TPSA) is 105 Å². The third-order valence-corrected chi connectivity index (χ3v) is 5.80. The molecule has 0 radical (unpaired) electrons. The number of hydrogen-bond acceptors (Lipinski definition) is 4. The Labute approximate surface area is 173 Å². The molecular weight excluding hydrogens is 384 g/mol. The highest BCUT2D eigenvalue weighted by Crippen LogP contribution is 2.48. The molecule has 1 saturated carbocycles. The Morgan fingerprint density at radius 2 is 1.67 bits per heavy atom. The summed E-state index contributed by atoms with van der Waals surface area (Å²) < 4.78 is 5.37. The zero-order chi connectivity index (χ0) is 21.3. The minimum atomic E-state index is -0.941. The van der Waals surface area contributed by atoms with Gasteiger partial charge in [0.15, 0.2) is 0 Å². The van der Waals surface area contributed by atoms with Crippen LogP contribution in [0.3, 0.4) is 0 Å². The van der Waals surface area contributed by atoms with Gasteiger partial charge < -0.3 is 20.5 Å². The highest BCUT2D eigenvalue weighted by molar-refractivity contribution is 6.05. The van der Waals surface area contributed by atoms with Crippen LogP contribution in [0.2, 0.25) is 0 Å². The zero-order valence-electron chi connectivity index (χ0n) is 16.4. The minimum Gasteiger partial charge on any atom is -0.494 e. The fraction of sp³-hybridized carbons (Fsp3) is 0.261. The van der Waals surface area contributed by atoms with Crippen molar-refractivity contribution in [3.05, 3.63) is 66.2 Å². The summed E-state index contributed by atoms with van der Waals surface area (Å²) in [6.45, 7) is 0. The van der Waals surface area contributed by atoms with Crippen molar-refractivity contribution in [1.82, 2.24) is 0 Å². The summed E-state index contributed by atoms with van der Waals surface area (Å²) in [6.07, 6.45) is 4.54. The second kappa shape index (κ2) is 8.02. The zero-order valence-corrected chi connectivity index (χ0v) is 16.4. The quantitative estimate of drug-likeness (QED) is 0.638. The molecule has 7 nitrogen and oxygen atoms in total. The van der Waals surface area contributed by atoms with E-state index in [9.17, 15) is 19.5 Å². The summed E-state index contributed by atoms with van der Waals surface area (Å²) >= 11 is 0. The maximum Gasteiger partial charge on any atom is 0.307 e. The van der Waals surface area contributed by atoms with E-state index in [1.165, 1.54) is 7.11 Å². The van der Waals surface area contributed by atoms with Crippen LogP contribution in [0.5, 0.6) is 5.75 Å². The number of amides is 2. The number of fused-ring (bicyclic) bond motifs is 2. The van der Waals surface area contributed by atoms with Gasteiger partial charge in [-0.1, -0.05) is 30.4 Å². The number of ether oxygens (including phenoxy) is 1. The van der Waals surface area contributed by atoms with Gasteiger partial charge in [-0.3, -0.25) is 14.4 Å². The third kappa shape index (κ3) is 3.66. The summed E-state index contributed by atoms with van der Waals surface area (Å²) in [7, 11) is 1.47. The van der Waals surface area contributed by atoms with Crippen molar-refractivity contribution in [2.75, 3.05) is 17.7 Å². The summed E-state index contributed by atoms with van der Waals surface area (Å²) in [5.41, 5.74) is 1.46.